The number of fused-ring (bicyclic) bond motifs is 1. The van der Waals surface area contributed by atoms with Crippen LogP contribution >= 0.6 is 0 Å². The number of rotatable bonds is 5. The lowest BCUT2D eigenvalue weighted by molar-refractivity contribution is 0.312. The van der Waals surface area contributed by atoms with Crippen molar-refractivity contribution < 1.29 is 0 Å². The van der Waals surface area contributed by atoms with Crippen LogP contribution in [0.5, 0.6) is 0 Å². The Morgan fingerprint density at radius 3 is 2.95 bits per heavy atom. The third-order valence-corrected chi connectivity index (χ3v) is 4.96. The average molecular weight is 297 g/mol. The maximum Gasteiger partial charge on any atom is 0.252 e. The quantitative estimate of drug-likeness (QED) is 0.888. The molecule has 1 saturated carbocycles. The number of likely N-dealkylation sites (tertiary alicyclic amines) is 1. The number of aromatic amines is 1. The average Bonchev–Trinajstić information content (AvgIpc) is 3.27. The number of pyridine rings is 1. The Hall–Kier alpha value is -1.65. The van der Waals surface area contributed by atoms with Crippen LogP contribution in [0.4, 0.5) is 0 Å². The van der Waals surface area contributed by atoms with E-state index in [1.54, 1.807) is 0 Å². The van der Waals surface area contributed by atoms with E-state index in [9.17, 15) is 4.79 Å². The van der Waals surface area contributed by atoms with Gasteiger partial charge >= 0.3 is 0 Å². The normalized spacial score (nSPS) is 22.5. The van der Waals surface area contributed by atoms with E-state index in [1.165, 1.54) is 32.4 Å². The van der Waals surface area contributed by atoms with Crippen molar-refractivity contribution in [1.82, 2.24) is 15.2 Å². The minimum atomic E-state index is 0.0252. The van der Waals surface area contributed by atoms with Crippen molar-refractivity contribution in [3.05, 3.63) is 46.2 Å². The van der Waals surface area contributed by atoms with Gasteiger partial charge in [-0.3, -0.25) is 4.79 Å². The highest BCUT2D eigenvalue weighted by atomic mass is 16.1. The van der Waals surface area contributed by atoms with E-state index in [2.05, 4.69) is 15.2 Å². The number of hydrogen-bond acceptors (Lipinski definition) is 3. The van der Waals surface area contributed by atoms with Crippen molar-refractivity contribution in [2.24, 2.45) is 5.92 Å². The highest BCUT2D eigenvalue weighted by Gasteiger charge is 2.33. The fourth-order valence-corrected chi connectivity index (χ4v) is 3.54. The Morgan fingerprint density at radius 1 is 1.23 bits per heavy atom. The first-order valence-electron chi connectivity index (χ1n) is 8.35. The number of benzene rings is 1. The van der Waals surface area contributed by atoms with Gasteiger partial charge in [-0.15, -0.1) is 0 Å². The zero-order valence-corrected chi connectivity index (χ0v) is 12.8. The van der Waals surface area contributed by atoms with Gasteiger partial charge in [0.25, 0.3) is 5.56 Å². The molecule has 116 valence electrons. The van der Waals surface area contributed by atoms with Crippen molar-refractivity contribution in [3.8, 4) is 0 Å². The van der Waals surface area contributed by atoms with Gasteiger partial charge in [0.2, 0.25) is 0 Å². The molecule has 2 fully saturated rings. The molecule has 1 aromatic heterocycles. The van der Waals surface area contributed by atoms with E-state index in [0.717, 1.165) is 35.0 Å². The Labute approximate surface area is 130 Å². The minimum Gasteiger partial charge on any atom is -0.322 e. The molecule has 2 aromatic rings. The van der Waals surface area contributed by atoms with Crippen LogP contribution < -0.4 is 10.9 Å². The third kappa shape index (κ3) is 2.94. The molecule has 2 heterocycles. The van der Waals surface area contributed by atoms with Gasteiger partial charge < -0.3 is 15.2 Å². The molecule has 4 heteroatoms. The molecular weight excluding hydrogens is 274 g/mol. The first kappa shape index (κ1) is 14.0. The van der Waals surface area contributed by atoms with Crippen LogP contribution in [0, 0.1) is 5.92 Å². The van der Waals surface area contributed by atoms with E-state index in [4.69, 9.17) is 0 Å². The van der Waals surface area contributed by atoms with Crippen LogP contribution in [0.3, 0.4) is 0 Å². The van der Waals surface area contributed by atoms with Gasteiger partial charge in [-0.1, -0.05) is 18.2 Å². The van der Waals surface area contributed by atoms with Gasteiger partial charge in [0.15, 0.2) is 0 Å². The standard InChI is InChI=1S/C18H23N3O/c22-18-15(9-14-3-1-2-4-17(14)20-18)11-19-10-13-7-8-21(12-13)16-5-6-16/h1-4,9,13,16,19H,5-8,10-12H2,(H,20,22). The highest BCUT2D eigenvalue weighted by Crippen LogP contribution is 2.31. The lowest BCUT2D eigenvalue weighted by atomic mass is 10.1. The van der Waals surface area contributed by atoms with E-state index >= 15 is 0 Å². The largest absolute Gasteiger partial charge is 0.322 e. The maximum absolute atomic E-state index is 12.1. The van der Waals surface area contributed by atoms with Gasteiger partial charge in [0.1, 0.15) is 0 Å². The monoisotopic (exact) mass is 297 g/mol. The van der Waals surface area contributed by atoms with E-state index in [0.29, 0.717) is 6.54 Å². The number of nitrogens with one attached hydrogen (secondary N) is 2. The second-order valence-electron chi connectivity index (χ2n) is 6.72. The summed E-state index contributed by atoms with van der Waals surface area (Å²) in [5.74, 6) is 0.736. The Balaban J connectivity index is 1.35. The number of H-pyrrole nitrogens is 1. The third-order valence-electron chi connectivity index (χ3n) is 4.96. The molecular formula is C18H23N3O. The summed E-state index contributed by atoms with van der Waals surface area (Å²) in [5.41, 5.74) is 1.76. The molecule has 0 radical (unpaired) electrons. The smallest absolute Gasteiger partial charge is 0.252 e. The van der Waals surface area contributed by atoms with Crippen LogP contribution in [0.25, 0.3) is 10.9 Å². The Bertz CT molecular complexity index is 720. The number of para-hydroxylation sites is 1. The van der Waals surface area contributed by atoms with Crippen molar-refractivity contribution in [3.63, 3.8) is 0 Å². The lowest BCUT2D eigenvalue weighted by Crippen LogP contribution is -2.29. The summed E-state index contributed by atoms with van der Waals surface area (Å²) in [6.07, 6.45) is 4.08. The Kier molecular flexibility index (Phi) is 3.72. The van der Waals surface area contributed by atoms with Crippen LogP contribution in [0.1, 0.15) is 24.8 Å². The predicted molar refractivity (Wildman–Crippen MR) is 89.0 cm³/mol. The highest BCUT2D eigenvalue weighted by molar-refractivity contribution is 5.78. The molecule has 4 nitrogen and oxygen atoms in total. The molecule has 1 aromatic carbocycles. The molecule has 1 aliphatic carbocycles. The molecule has 1 unspecified atom stereocenters. The van der Waals surface area contributed by atoms with Crippen LogP contribution in [-0.4, -0.2) is 35.6 Å². The topological polar surface area (TPSA) is 48.1 Å². The molecule has 2 N–H and O–H groups in total. The van der Waals surface area contributed by atoms with Crippen LogP contribution in [0.2, 0.25) is 0 Å². The number of nitrogens with zero attached hydrogens (tertiary/aromatic N) is 1. The predicted octanol–water partition coefficient (Wildman–Crippen LogP) is 2.10. The molecule has 0 bridgehead atoms. The lowest BCUT2D eigenvalue weighted by Gasteiger charge is -2.15. The fraction of sp³-hybridized carbons (Fsp3) is 0.500. The first-order chi connectivity index (χ1) is 10.8. The molecule has 1 aliphatic heterocycles. The second-order valence-corrected chi connectivity index (χ2v) is 6.72. The van der Waals surface area contributed by atoms with Gasteiger partial charge in [-0.05, 0) is 55.8 Å². The SMILES string of the molecule is O=c1[nH]c2ccccc2cc1CNCC1CCN(C2CC2)C1. The van der Waals surface area contributed by atoms with Crippen molar-refractivity contribution >= 4 is 10.9 Å². The van der Waals surface area contributed by atoms with Gasteiger partial charge in [0, 0.05) is 30.2 Å². The fourth-order valence-electron chi connectivity index (χ4n) is 3.54. The minimum absolute atomic E-state index is 0.0252. The zero-order valence-electron chi connectivity index (χ0n) is 12.8. The van der Waals surface area contributed by atoms with E-state index in [1.807, 2.05) is 30.3 Å². The molecule has 4 rings (SSSR count). The summed E-state index contributed by atoms with van der Waals surface area (Å²) in [6, 6.07) is 10.8. The summed E-state index contributed by atoms with van der Waals surface area (Å²) >= 11 is 0. The van der Waals surface area contributed by atoms with Gasteiger partial charge in [0.05, 0.1) is 0 Å². The summed E-state index contributed by atoms with van der Waals surface area (Å²) in [6.45, 7) is 4.15. The van der Waals surface area contributed by atoms with Gasteiger partial charge in [-0.2, -0.15) is 0 Å². The molecule has 1 saturated heterocycles. The molecule has 2 aliphatic rings. The van der Waals surface area contributed by atoms with Crippen LogP contribution in [0.15, 0.2) is 35.1 Å². The summed E-state index contributed by atoms with van der Waals surface area (Å²) in [7, 11) is 0. The summed E-state index contributed by atoms with van der Waals surface area (Å²) in [4.78, 5) is 17.7. The van der Waals surface area contributed by atoms with Gasteiger partial charge in [-0.25, -0.2) is 0 Å². The maximum atomic E-state index is 12.1. The summed E-state index contributed by atoms with van der Waals surface area (Å²) in [5, 5.41) is 4.58. The van der Waals surface area contributed by atoms with Crippen molar-refractivity contribution in [2.75, 3.05) is 19.6 Å². The second kappa shape index (κ2) is 5.86. The van der Waals surface area contributed by atoms with Crippen molar-refractivity contribution in [2.45, 2.75) is 31.8 Å². The number of aromatic nitrogens is 1. The first-order valence-corrected chi connectivity index (χ1v) is 8.35. The molecule has 0 spiro atoms. The van der Waals surface area contributed by atoms with Crippen LogP contribution in [-0.2, 0) is 6.54 Å². The van der Waals surface area contributed by atoms with E-state index in [-0.39, 0.29) is 5.56 Å². The molecule has 1 atom stereocenters. The molecule has 22 heavy (non-hydrogen) atoms. The number of hydrogen-bond donors (Lipinski definition) is 2. The molecule has 0 amide bonds. The van der Waals surface area contributed by atoms with Crippen molar-refractivity contribution in [1.29, 1.82) is 0 Å². The Morgan fingerprint density at radius 2 is 2.09 bits per heavy atom. The zero-order chi connectivity index (χ0) is 14.9. The summed E-state index contributed by atoms with van der Waals surface area (Å²) < 4.78 is 0. The van der Waals surface area contributed by atoms with E-state index < -0.39 is 0 Å².